The Morgan fingerprint density at radius 3 is 2.51 bits per heavy atom. The van der Waals surface area contributed by atoms with Crippen molar-refractivity contribution in [1.82, 2.24) is 5.32 Å². The van der Waals surface area contributed by atoms with E-state index in [2.05, 4.69) is 10.2 Å². The van der Waals surface area contributed by atoms with Gasteiger partial charge in [0.05, 0.1) is 5.56 Å². The van der Waals surface area contributed by atoms with Crippen molar-refractivity contribution in [3.63, 3.8) is 0 Å². The Morgan fingerprint density at radius 2 is 1.77 bits per heavy atom. The normalized spacial score (nSPS) is 23.1. The zero-order valence-corrected chi connectivity index (χ0v) is 20.3. The zero-order valence-electron chi connectivity index (χ0n) is 20.3. The zero-order chi connectivity index (χ0) is 24.8. The molecule has 1 amide bonds. The molecule has 1 saturated heterocycles. The number of hydrogen-bond acceptors (Lipinski definition) is 3. The van der Waals surface area contributed by atoms with E-state index in [1.165, 1.54) is 12.1 Å². The predicted octanol–water partition coefficient (Wildman–Crippen LogP) is 7.11. The lowest BCUT2D eigenvalue weighted by molar-refractivity contribution is -0.137. The van der Waals surface area contributed by atoms with Crippen LogP contribution in [0.25, 0.3) is 0 Å². The topological polar surface area (TPSA) is 41.6 Å². The molecule has 2 fully saturated rings. The van der Waals surface area contributed by atoms with Crippen molar-refractivity contribution in [1.29, 1.82) is 0 Å². The molecule has 0 unspecified atom stereocenters. The summed E-state index contributed by atoms with van der Waals surface area (Å²) in [5.74, 6) is 0.855. The van der Waals surface area contributed by atoms with E-state index in [9.17, 15) is 18.0 Å². The predicted molar refractivity (Wildman–Crippen MR) is 131 cm³/mol. The maximum absolute atomic E-state index is 12.9. The molecule has 7 heteroatoms. The van der Waals surface area contributed by atoms with Gasteiger partial charge in [-0.05, 0) is 86.3 Å². The van der Waals surface area contributed by atoms with Crippen LogP contribution in [0, 0.1) is 18.8 Å². The van der Waals surface area contributed by atoms with Crippen LogP contribution in [0.15, 0.2) is 48.5 Å². The van der Waals surface area contributed by atoms with E-state index in [-0.39, 0.29) is 18.7 Å². The minimum Gasteiger partial charge on any atom is -0.445 e. The van der Waals surface area contributed by atoms with Crippen molar-refractivity contribution >= 4 is 11.8 Å². The van der Waals surface area contributed by atoms with Crippen molar-refractivity contribution in [2.24, 2.45) is 11.8 Å². The van der Waals surface area contributed by atoms with Crippen LogP contribution in [0.1, 0.15) is 61.6 Å². The van der Waals surface area contributed by atoms with Gasteiger partial charge in [0.2, 0.25) is 0 Å². The standard InChI is InChI=1S/C28H35F3N2O2/c1-20-7-2-3-10-23(20)19-35-27(34)32-26-11-5-4-9-22(26)17-21-8-6-16-33(18-21)25-14-12-24(13-15-25)28(29,30)31/h2-3,7,10,12-15,21-22,26H,4-6,8-9,11,16-19H2,1H3,(H,32,34)/t21-,22+,26-/m1/s1. The van der Waals surface area contributed by atoms with Gasteiger partial charge in [0, 0.05) is 24.8 Å². The first-order valence-corrected chi connectivity index (χ1v) is 12.7. The van der Waals surface area contributed by atoms with Gasteiger partial charge in [0.15, 0.2) is 0 Å². The highest BCUT2D eigenvalue weighted by atomic mass is 19.4. The van der Waals surface area contributed by atoms with Gasteiger partial charge in [0.25, 0.3) is 0 Å². The van der Waals surface area contributed by atoms with Crippen LogP contribution in [0.5, 0.6) is 0 Å². The van der Waals surface area contributed by atoms with Crippen LogP contribution in [-0.2, 0) is 17.5 Å². The molecule has 2 aromatic carbocycles. The summed E-state index contributed by atoms with van der Waals surface area (Å²) in [4.78, 5) is 14.8. The van der Waals surface area contributed by atoms with Gasteiger partial charge in [-0.2, -0.15) is 13.2 Å². The Bertz CT molecular complexity index is 977. The molecule has 0 aromatic heterocycles. The smallest absolute Gasteiger partial charge is 0.416 e. The average Bonchev–Trinajstić information content (AvgIpc) is 2.84. The van der Waals surface area contributed by atoms with Crippen molar-refractivity contribution < 1.29 is 22.7 Å². The van der Waals surface area contributed by atoms with Crippen LogP contribution < -0.4 is 10.2 Å². The summed E-state index contributed by atoms with van der Waals surface area (Å²) in [6, 6.07) is 13.5. The third kappa shape index (κ3) is 6.92. The van der Waals surface area contributed by atoms with Gasteiger partial charge in [-0.25, -0.2) is 4.79 Å². The summed E-state index contributed by atoms with van der Waals surface area (Å²) in [5.41, 5.74) is 2.35. The molecule has 4 rings (SSSR count). The highest BCUT2D eigenvalue weighted by Crippen LogP contribution is 2.35. The Balaban J connectivity index is 1.31. The molecule has 190 valence electrons. The van der Waals surface area contributed by atoms with Gasteiger partial charge >= 0.3 is 12.3 Å². The average molecular weight is 489 g/mol. The van der Waals surface area contributed by atoms with Crippen molar-refractivity contribution in [2.45, 2.75) is 70.7 Å². The number of alkyl carbamates (subject to hydrolysis) is 1. The van der Waals surface area contributed by atoms with E-state index in [1.54, 1.807) is 12.1 Å². The van der Waals surface area contributed by atoms with Gasteiger partial charge in [-0.3, -0.25) is 0 Å². The number of benzene rings is 2. The minimum atomic E-state index is -4.31. The Hall–Kier alpha value is -2.70. The first-order valence-electron chi connectivity index (χ1n) is 12.7. The fourth-order valence-electron chi connectivity index (χ4n) is 5.57. The molecule has 0 spiro atoms. The molecule has 2 aliphatic rings. The van der Waals surface area contributed by atoms with Crippen LogP contribution in [0.2, 0.25) is 0 Å². The van der Waals surface area contributed by atoms with Crippen LogP contribution in [-0.4, -0.2) is 25.2 Å². The Kier molecular flexibility index (Phi) is 8.24. The second-order valence-corrected chi connectivity index (χ2v) is 10.0. The van der Waals surface area contributed by atoms with Gasteiger partial charge in [-0.15, -0.1) is 0 Å². The lowest BCUT2D eigenvalue weighted by atomic mass is 9.77. The van der Waals surface area contributed by atoms with Crippen LogP contribution in [0.4, 0.5) is 23.7 Å². The molecule has 1 N–H and O–H groups in total. The Morgan fingerprint density at radius 1 is 1.03 bits per heavy atom. The van der Waals surface area contributed by atoms with Crippen LogP contribution >= 0.6 is 0 Å². The quantitative estimate of drug-likeness (QED) is 0.471. The number of amides is 1. The van der Waals surface area contributed by atoms with Crippen molar-refractivity contribution in [2.75, 3.05) is 18.0 Å². The van der Waals surface area contributed by atoms with E-state index in [0.29, 0.717) is 11.8 Å². The summed E-state index contributed by atoms with van der Waals surface area (Å²) in [6.45, 7) is 3.97. The number of aryl methyl sites for hydroxylation is 1. The highest BCUT2D eigenvalue weighted by Gasteiger charge is 2.32. The minimum absolute atomic E-state index is 0.106. The molecule has 1 heterocycles. The number of nitrogens with one attached hydrogen (secondary N) is 1. The van der Waals surface area contributed by atoms with E-state index in [0.717, 1.165) is 74.8 Å². The summed E-state index contributed by atoms with van der Waals surface area (Å²) in [5, 5.41) is 3.13. The van der Waals surface area contributed by atoms with E-state index < -0.39 is 11.7 Å². The number of rotatable bonds is 6. The molecular weight excluding hydrogens is 453 g/mol. The summed E-state index contributed by atoms with van der Waals surface area (Å²) in [6.07, 6.45) is 2.77. The molecule has 1 saturated carbocycles. The molecule has 0 radical (unpaired) electrons. The summed E-state index contributed by atoms with van der Waals surface area (Å²) in [7, 11) is 0. The van der Waals surface area contributed by atoms with Gasteiger partial charge in [-0.1, -0.05) is 37.1 Å². The van der Waals surface area contributed by atoms with E-state index in [1.807, 2.05) is 31.2 Å². The molecule has 1 aliphatic carbocycles. The number of anilines is 1. The summed E-state index contributed by atoms with van der Waals surface area (Å²) >= 11 is 0. The third-order valence-electron chi connectivity index (χ3n) is 7.55. The van der Waals surface area contributed by atoms with E-state index >= 15 is 0 Å². The molecular formula is C28H35F3N2O2. The Labute approximate surface area is 205 Å². The number of halogens is 3. The first-order chi connectivity index (χ1) is 16.8. The largest absolute Gasteiger partial charge is 0.445 e. The number of carbonyl (C=O) groups excluding carboxylic acids is 1. The lowest BCUT2D eigenvalue weighted by Crippen LogP contribution is -2.44. The van der Waals surface area contributed by atoms with Crippen molar-refractivity contribution in [3.05, 3.63) is 65.2 Å². The van der Waals surface area contributed by atoms with E-state index in [4.69, 9.17) is 4.74 Å². The fourth-order valence-corrected chi connectivity index (χ4v) is 5.57. The summed E-state index contributed by atoms with van der Waals surface area (Å²) < 4.78 is 44.3. The van der Waals surface area contributed by atoms with Gasteiger partial charge < -0.3 is 15.0 Å². The molecule has 2 aromatic rings. The SMILES string of the molecule is Cc1ccccc1COC(=O)N[C@@H]1CCCC[C@H]1C[C@H]1CCCN(c2ccc(C(F)(F)F)cc2)C1. The number of carbonyl (C=O) groups is 1. The number of alkyl halides is 3. The fraction of sp³-hybridized carbons (Fsp3) is 0.536. The molecule has 1 aliphatic heterocycles. The number of piperidine rings is 1. The second kappa shape index (κ2) is 11.4. The lowest BCUT2D eigenvalue weighted by Gasteiger charge is -2.39. The van der Waals surface area contributed by atoms with Crippen molar-refractivity contribution in [3.8, 4) is 0 Å². The maximum Gasteiger partial charge on any atom is 0.416 e. The van der Waals surface area contributed by atoms with Gasteiger partial charge in [0.1, 0.15) is 6.61 Å². The molecule has 4 nitrogen and oxygen atoms in total. The monoisotopic (exact) mass is 488 g/mol. The number of nitrogens with zero attached hydrogens (tertiary/aromatic N) is 1. The highest BCUT2D eigenvalue weighted by molar-refractivity contribution is 5.67. The number of ether oxygens (including phenoxy) is 1. The molecule has 35 heavy (non-hydrogen) atoms. The van der Waals surface area contributed by atoms with Crippen LogP contribution in [0.3, 0.4) is 0 Å². The number of hydrogen-bond donors (Lipinski definition) is 1. The molecule has 3 atom stereocenters. The third-order valence-corrected chi connectivity index (χ3v) is 7.55. The maximum atomic E-state index is 12.9. The second-order valence-electron chi connectivity index (χ2n) is 10.0. The molecule has 0 bridgehead atoms. The first kappa shape index (κ1) is 25.4.